The van der Waals surface area contributed by atoms with Crippen molar-refractivity contribution in [3.8, 4) is 0 Å². The molecule has 0 unspecified atom stereocenters. The Morgan fingerprint density at radius 2 is 1.75 bits per heavy atom. The van der Waals surface area contributed by atoms with Gasteiger partial charge in [0.25, 0.3) is 0 Å². The maximum absolute atomic E-state index is 6.49. The molecule has 0 radical (unpaired) electrons. The van der Waals surface area contributed by atoms with Crippen molar-refractivity contribution >= 4 is 11.6 Å². The van der Waals surface area contributed by atoms with Crippen molar-refractivity contribution in [2.24, 2.45) is 28.6 Å². The van der Waals surface area contributed by atoms with Crippen LogP contribution in [-0.4, -0.2) is 24.4 Å². The number of hydrogen-bond acceptors (Lipinski definition) is 2. The molecule has 5 aliphatic rings. The smallest absolute Gasteiger partial charge is 0.174 e. The molecule has 1 heterocycles. The summed E-state index contributed by atoms with van der Waals surface area (Å²) in [6.45, 7) is 6.60. The fourth-order valence-corrected chi connectivity index (χ4v) is 7.78. The third kappa shape index (κ3) is 1.91. The van der Waals surface area contributed by atoms with Crippen LogP contribution in [0.3, 0.4) is 0 Å². The lowest BCUT2D eigenvalue weighted by molar-refractivity contribution is -0.242. The summed E-state index contributed by atoms with van der Waals surface area (Å²) in [4.78, 5) is 0. The average molecular weight is 351 g/mol. The van der Waals surface area contributed by atoms with E-state index < -0.39 is 0 Å². The zero-order valence-corrected chi connectivity index (χ0v) is 15.9. The van der Waals surface area contributed by atoms with Crippen molar-refractivity contribution in [3.05, 3.63) is 11.6 Å². The minimum absolute atomic E-state index is 0.218. The topological polar surface area (TPSA) is 18.5 Å². The molecular formula is C21H31ClO2. The summed E-state index contributed by atoms with van der Waals surface area (Å²) in [6.07, 6.45) is 12.5. The van der Waals surface area contributed by atoms with Crippen LogP contribution in [0.15, 0.2) is 11.6 Å². The molecule has 4 aliphatic carbocycles. The zero-order valence-electron chi connectivity index (χ0n) is 15.2. The normalized spacial score (nSPS) is 52.5. The number of ether oxygens (including phenoxy) is 2. The highest BCUT2D eigenvalue weighted by Gasteiger charge is 2.66. The van der Waals surface area contributed by atoms with Crippen LogP contribution >= 0.6 is 11.6 Å². The summed E-state index contributed by atoms with van der Waals surface area (Å²) in [5.74, 6) is 2.16. The molecule has 134 valence electrons. The van der Waals surface area contributed by atoms with Gasteiger partial charge in [0.05, 0.1) is 13.2 Å². The van der Waals surface area contributed by atoms with Gasteiger partial charge in [-0.05, 0) is 68.1 Å². The molecule has 1 spiro atoms. The Labute approximate surface area is 151 Å². The summed E-state index contributed by atoms with van der Waals surface area (Å²) in [6, 6.07) is 0. The van der Waals surface area contributed by atoms with Crippen LogP contribution in [0.1, 0.15) is 65.2 Å². The number of fused-ring (bicyclic) bond motifs is 6. The van der Waals surface area contributed by atoms with E-state index in [0.29, 0.717) is 10.8 Å². The van der Waals surface area contributed by atoms with Gasteiger partial charge in [0, 0.05) is 17.2 Å². The molecule has 6 atom stereocenters. The second-order valence-corrected chi connectivity index (χ2v) is 10.2. The van der Waals surface area contributed by atoms with Crippen LogP contribution in [0.2, 0.25) is 0 Å². The van der Waals surface area contributed by atoms with Crippen LogP contribution in [0.5, 0.6) is 0 Å². The molecule has 0 amide bonds. The van der Waals surface area contributed by atoms with E-state index in [1.165, 1.54) is 38.5 Å². The summed E-state index contributed by atoms with van der Waals surface area (Å²) in [5, 5.41) is 0.366. The first-order valence-corrected chi connectivity index (χ1v) is 10.5. The molecule has 0 aromatic heterocycles. The highest BCUT2D eigenvalue weighted by atomic mass is 35.5. The molecule has 1 aliphatic heterocycles. The van der Waals surface area contributed by atoms with Crippen LogP contribution in [-0.2, 0) is 9.47 Å². The first-order chi connectivity index (χ1) is 11.5. The van der Waals surface area contributed by atoms with E-state index >= 15 is 0 Å². The summed E-state index contributed by atoms with van der Waals surface area (Å²) < 4.78 is 12.5. The van der Waals surface area contributed by atoms with Gasteiger partial charge in [-0.15, -0.1) is 11.6 Å². The molecule has 3 heteroatoms. The van der Waals surface area contributed by atoms with Gasteiger partial charge in [0.15, 0.2) is 5.79 Å². The van der Waals surface area contributed by atoms with Crippen LogP contribution in [0, 0.1) is 28.6 Å². The molecular weight excluding hydrogens is 320 g/mol. The van der Waals surface area contributed by atoms with E-state index in [-0.39, 0.29) is 11.2 Å². The van der Waals surface area contributed by atoms with Crippen molar-refractivity contribution < 1.29 is 9.47 Å². The Kier molecular flexibility index (Phi) is 3.52. The lowest BCUT2D eigenvalue weighted by Gasteiger charge is -2.58. The Balaban J connectivity index is 1.49. The first-order valence-electron chi connectivity index (χ1n) is 10.1. The van der Waals surface area contributed by atoms with E-state index in [0.717, 1.165) is 43.8 Å². The van der Waals surface area contributed by atoms with Gasteiger partial charge in [-0.2, -0.15) is 0 Å². The lowest BCUT2D eigenvalue weighted by atomic mass is 9.48. The number of rotatable bonds is 0. The van der Waals surface area contributed by atoms with Gasteiger partial charge >= 0.3 is 0 Å². The Hall–Kier alpha value is -0.0500. The van der Waals surface area contributed by atoms with E-state index in [2.05, 4.69) is 19.9 Å². The molecule has 5 rings (SSSR count). The van der Waals surface area contributed by atoms with Crippen LogP contribution < -0.4 is 0 Å². The Morgan fingerprint density at radius 1 is 1.00 bits per heavy atom. The number of alkyl halides is 1. The van der Waals surface area contributed by atoms with E-state index in [1.54, 1.807) is 5.57 Å². The van der Waals surface area contributed by atoms with Gasteiger partial charge < -0.3 is 9.47 Å². The van der Waals surface area contributed by atoms with Crippen LogP contribution in [0.4, 0.5) is 0 Å². The molecule has 24 heavy (non-hydrogen) atoms. The van der Waals surface area contributed by atoms with E-state index in [9.17, 15) is 0 Å². The molecule has 0 bridgehead atoms. The number of allylic oxidation sites excluding steroid dienone is 2. The predicted molar refractivity (Wildman–Crippen MR) is 96.0 cm³/mol. The van der Waals surface area contributed by atoms with Crippen molar-refractivity contribution in [2.45, 2.75) is 76.4 Å². The fraction of sp³-hybridized carbons (Fsp3) is 0.905. The van der Waals surface area contributed by atoms with Crippen LogP contribution in [0.25, 0.3) is 0 Å². The SMILES string of the molecule is C[C@]12CC[C@H](Cl)CC1=CC[C@H]1[C@H]2CC[C@@]2(C)[C@@H]1CCC21OCCO1. The van der Waals surface area contributed by atoms with Gasteiger partial charge in [-0.25, -0.2) is 0 Å². The summed E-state index contributed by atoms with van der Waals surface area (Å²) in [5.41, 5.74) is 2.30. The highest BCUT2D eigenvalue weighted by molar-refractivity contribution is 6.20. The van der Waals surface area contributed by atoms with Crippen molar-refractivity contribution in [1.29, 1.82) is 0 Å². The Bertz CT molecular complexity index is 566. The molecule has 2 nitrogen and oxygen atoms in total. The lowest BCUT2D eigenvalue weighted by Crippen LogP contribution is -2.54. The van der Waals surface area contributed by atoms with Gasteiger partial charge in [0.2, 0.25) is 0 Å². The monoisotopic (exact) mass is 350 g/mol. The Morgan fingerprint density at radius 3 is 2.54 bits per heavy atom. The molecule has 4 fully saturated rings. The highest BCUT2D eigenvalue weighted by Crippen LogP contribution is 2.68. The molecule has 0 aromatic carbocycles. The van der Waals surface area contributed by atoms with Gasteiger partial charge in [-0.3, -0.25) is 0 Å². The quantitative estimate of drug-likeness (QED) is 0.436. The zero-order chi connectivity index (χ0) is 16.6. The maximum Gasteiger partial charge on any atom is 0.174 e. The predicted octanol–water partition coefficient (Wildman–Crippen LogP) is 5.30. The largest absolute Gasteiger partial charge is 0.347 e. The standard InChI is InChI=1S/C21H31ClO2/c1-19-8-5-15(22)13-14(19)3-4-16-17(19)6-9-20(2)18(16)7-10-21(20)23-11-12-24-21/h3,15-18H,4-13H2,1-2H3/t15-,16-,17+,18+,19-,20-/m0/s1. The summed E-state index contributed by atoms with van der Waals surface area (Å²) >= 11 is 6.49. The number of halogens is 1. The fourth-order valence-electron chi connectivity index (χ4n) is 7.50. The third-order valence-corrected chi connectivity index (χ3v) is 9.21. The maximum atomic E-state index is 6.49. The minimum atomic E-state index is -0.263. The second kappa shape index (κ2) is 5.24. The molecule has 0 N–H and O–H groups in total. The molecule has 0 aromatic rings. The minimum Gasteiger partial charge on any atom is -0.347 e. The van der Waals surface area contributed by atoms with Crippen molar-refractivity contribution in [1.82, 2.24) is 0 Å². The van der Waals surface area contributed by atoms with Crippen molar-refractivity contribution in [3.63, 3.8) is 0 Å². The average Bonchev–Trinajstić information content (AvgIpc) is 3.15. The number of hydrogen-bond donors (Lipinski definition) is 0. The third-order valence-electron chi connectivity index (χ3n) is 8.84. The van der Waals surface area contributed by atoms with E-state index in [1.807, 2.05) is 0 Å². The summed E-state index contributed by atoms with van der Waals surface area (Å²) in [7, 11) is 0. The molecule has 3 saturated carbocycles. The van der Waals surface area contributed by atoms with Gasteiger partial charge in [-0.1, -0.05) is 25.5 Å². The molecule has 1 saturated heterocycles. The van der Waals surface area contributed by atoms with Gasteiger partial charge in [0.1, 0.15) is 0 Å². The van der Waals surface area contributed by atoms with E-state index in [4.69, 9.17) is 21.1 Å². The second-order valence-electron chi connectivity index (χ2n) is 9.54. The van der Waals surface area contributed by atoms with Crippen molar-refractivity contribution in [2.75, 3.05) is 13.2 Å². The first kappa shape index (κ1) is 16.1.